The second-order valence-electron chi connectivity index (χ2n) is 7.08. The molecule has 2 nitrogen and oxygen atoms in total. The lowest BCUT2D eigenvalue weighted by molar-refractivity contribution is -0.254. The van der Waals surface area contributed by atoms with Crippen LogP contribution in [-0.2, 0) is 9.47 Å². The van der Waals surface area contributed by atoms with Gasteiger partial charge in [0.15, 0.2) is 5.79 Å². The normalized spacial score (nSPS) is 13.7. The van der Waals surface area contributed by atoms with Crippen molar-refractivity contribution in [1.29, 1.82) is 0 Å². The number of rotatable bonds is 16. The van der Waals surface area contributed by atoms with Crippen LogP contribution in [0.1, 0.15) is 85.5 Å². The van der Waals surface area contributed by atoms with Gasteiger partial charge in [0.05, 0.1) is 0 Å². The van der Waals surface area contributed by atoms with E-state index in [2.05, 4.69) is 41.0 Å². The lowest BCUT2D eigenvalue weighted by Crippen LogP contribution is -2.41. The van der Waals surface area contributed by atoms with E-state index in [9.17, 15) is 0 Å². The molecule has 140 valence electrons. The highest BCUT2D eigenvalue weighted by atomic mass is 31.1. The summed E-state index contributed by atoms with van der Waals surface area (Å²) in [6, 6.07) is 0. The van der Waals surface area contributed by atoms with Gasteiger partial charge >= 0.3 is 0 Å². The molecular weight excluding hydrogens is 303 g/mol. The number of hydrogen-bond donors (Lipinski definition) is 0. The Morgan fingerprint density at radius 1 is 0.783 bits per heavy atom. The highest BCUT2D eigenvalue weighted by Gasteiger charge is 2.34. The maximum Gasteiger partial charge on any atom is 0.168 e. The third-order valence-corrected chi connectivity index (χ3v) is 5.88. The summed E-state index contributed by atoms with van der Waals surface area (Å²) in [7, 11) is 0.213. The maximum atomic E-state index is 6.07. The lowest BCUT2D eigenvalue weighted by Gasteiger charge is -2.37. The van der Waals surface area contributed by atoms with Gasteiger partial charge < -0.3 is 9.47 Å². The Morgan fingerprint density at radius 3 is 1.83 bits per heavy atom. The number of ether oxygens (including phenoxy) is 2. The number of hydrogen-bond acceptors (Lipinski definition) is 2. The molecule has 0 saturated carbocycles. The van der Waals surface area contributed by atoms with Crippen LogP contribution in [0.3, 0.4) is 0 Å². The quantitative estimate of drug-likeness (QED) is 0.177. The van der Waals surface area contributed by atoms with Crippen molar-refractivity contribution in [3.05, 3.63) is 0 Å². The van der Waals surface area contributed by atoms with Gasteiger partial charge in [0.25, 0.3) is 0 Å². The topological polar surface area (TPSA) is 18.5 Å². The fourth-order valence-electron chi connectivity index (χ4n) is 3.34. The van der Waals surface area contributed by atoms with Gasteiger partial charge in [-0.25, -0.2) is 0 Å². The molecule has 0 radical (unpaired) electrons. The zero-order chi connectivity index (χ0) is 17.6. The van der Waals surface area contributed by atoms with Gasteiger partial charge in [0.2, 0.25) is 0 Å². The minimum atomic E-state index is -0.392. The van der Waals surface area contributed by atoms with E-state index < -0.39 is 5.79 Å². The van der Waals surface area contributed by atoms with Gasteiger partial charge in [0.1, 0.15) is 0 Å². The molecule has 3 heteroatoms. The standard InChI is InChI=1S/C20H43O2P/c1-7-10-11-12-13-14-16-19(17-15-18-23(5)6)20(4,21-8-2)22-9-3/h19H,7-18H2,1-6H3. The Bertz CT molecular complexity index is 250. The van der Waals surface area contributed by atoms with Gasteiger partial charge in [-0.1, -0.05) is 45.4 Å². The van der Waals surface area contributed by atoms with Gasteiger partial charge in [-0.15, -0.1) is 7.92 Å². The molecule has 0 fully saturated rings. The van der Waals surface area contributed by atoms with Crippen LogP contribution in [0.15, 0.2) is 0 Å². The predicted molar refractivity (Wildman–Crippen MR) is 106 cm³/mol. The summed E-state index contributed by atoms with van der Waals surface area (Å²) in [5, 5.41) is 0. The van der Waals surface area contributed by atoms with E-state index in [1.54, 1.807) is 0 Å². The van der Waals surface area contributed by atoms with E-state index in [-0.39, 0.29) is 7.92 Å². The molecule has 0 aromatic rings. The van der Waals surface area contributed by atoms with Crippen molar-refractivity contribution in [3.8, 4) is 0 Å². The first-order chi connectivity index (χ1) is 11.0. The zero-order valence-corrected chi connectivity index (χ0v) is 17.7. The predicted octanol–water partition coefficient (Wildman–Crippen LogP) is 6.66. The third-order valence-electron chi connectivity index (χ3n) is 4.67. The summed E-state index contributed by atoms with van der Waals surface area (Å²) in [5.74, 6) is 0.139. The SMILES string of the molecule is CCCCCCCCC(CCCP(C)C)C(C)(OCC)OCC. The average Bonchev–Trinajstić information content (AvgIpc) is 2.49. The van der Waals surface area contributed by atoms with Crippen LogP contribution in [0, 0.1) is 5.92 Å². The summed E-state index contributed by atoms with van der Waals surface area (Å²) >= 11 is 0. The smallest absolute Gasteiger partial charge is 0.168 e. The molecule has 0 amide bonds. The molecule has 0 aliphatic rings. The second-order valence-corrected chi connectivity index (χ2v) is 9.69. The highest BCUT2D eigenvalue weighted by molar-refractivity contribution is 7.55. The molecule has 0 saturated heterocycles. The van der Waals surface area contributed by atoms with Gasteiger partial charge in [-0.2, -0.15) is 0 Å². The Labute approximate surface area is 147 Å². The van der Waals surface area contributed by atoms with Crippen LogP contribution < -0.4 is 0 Å². The molecule has 0 aliphatic heterocycles. The average molecular weight is 347 g/mol. The fourth-order valence-corrected chi connectivity index (χ4v) is 4.16. The molecule has 0 bridgehead atoms. The van der Waals surface area contributed by atoms with Gasteiger partial charge in [-0.3, -0.25) is 0 Å². The summed E-state index contributed by atoms with van der Waals surface area (Å²) in [4.78, 5) is 0. The van der Waals surface area contributed by atoms with Crippen LogP contribution in [0.2, 0.25) is 0 Å². The van der Waals surface area contributed by atoms with Crippen molar-refractivity contribution < 1.29 is 9.47 Å². The highest BCUT2D eigenvalue weighted by Crippen LogP contribution is 2.34. The second kappa shape index (κ2) is 14.7. The van der Waals surface area contributed by atoms with E-state index in [0.717, 1.165) is 13.2 Å². The van der Waals surface area contributed by atoms with Crippen LogP contribution in [0.5, 0.6) is 0 Å². The maximum absolute atomic E-state index is 6.07. The Hall–Kier alpha value is 0.350. The fraction of sp³-hybridized carbons (Fsp3) is 1.00. The molecule has 0 aromatic carbocycles. The van der Waals surface area contributed by atoms with E-state index in [0.29, 0.717) is 5.92 Å². The molecule has 0 aromatic heterocycles. The third kappa shape index (κ3) is 11.5. The summed E-state index contributed by atoms with van der Waals surface area (Å²) in [6.07, 6.45) is 13.3. The first-order valence-corrected chi connectivity index (χ1v) is 12.3. The van der Waals surface area contributed by atoms with Gasteiger partial charge in [-0.05, 0) is 59.5 Å². The Morgan fingerprint density at radius 2 is 1.30 bits per heavy atom. The summed E-state index contributed by atoms with van der Waals surface area (Å²) in [6.45, 7) is 14.8. The zero-order valence-electron chi connectivity index (χ0n) is 16.8. The molecule has 0 heterocycles. The van der Waals surface area contributed by atoms with Crippen LogP contribution >= 0.6 is 7.92 Å². The molecule has 1 atom stereocenters. The molecule has 0 aliphatic carbocycles. The largest absolute Gasteiger partial charge is 0.350 e. The van der Waals surface area contributed by atoms with Crippen LogP contribution in [0.25, 0.3) is 0 Å². The van der Waals surface area contributed by atoms with Crippen molar-refractivity contribution in [1.82, 2.24) is 0 Å². The van der Waals surface area contributed by atoms with Crippen molar-refractivity contribution in [2.24, 2.45) is 5.92 Å². The van der Waals surface area contributed by atoms with Gasteiger partial charge in [0, 0.05) is 19.1 Å². The summed E-state index contributed by atoms with van der Waals surface area (Å²) < 4.78 is 12.1. The van der Waals surface area contributed by atoms with E-state index >= 15 is 0 Å². The molecule has 23 heavy (non-hydrogen) atoms. The molecule has 0 spiro atoms. The first-order valence-electron chi connectivity index (χ1n) is 9.92. The molecule has 1 unspecified atom stereocenters. The molecule has 0 N–H and O–H groups in total. The van der Waals surface area contributed by atoms with Crippen LogP contribution in [0.4, 0.5) is 0 Å². The van der Waals surface area contributed by atoms with Crippen molar-refractivity contribution >= 4 is 7.92 Å². The Balaban J connectivity index is 4.45. The summed E-state index contributed by atoms with van der Waals surface area (Å²) in [5.41, 5.74) is 0. The molecule has 0 rings (SSSR count). The van der Waals surface area contributed by atoms with E-state index in [1.165, 1.54) is 63.9 Å². The van der Waals surface area contributed by atoms with Crippen LogP contribution in [-0.4, -0.2) is 38.5 Å². The lowest BCUT2D eigenvalue weighted by atomic mass is 9.88. The van der Waals surface area contributed by atoms with Crippen molar-refractivity contribution in [2.45, 2.75) is 91.3 Å². The first kappa shape index (κ1) is 23.4. The minimum Gasteiger partial charge on any atom is -0.350 e. The van der Waals surface area contributed by atoms with Crippen molar-refractivity contribution in [3.63, 3.8) is 0 Å². The monoisotopic (exact) mass is 346 g/mol. The van der Waals surface area contributed by atoms with Crippen molar-refractivity contribution in [2.75, 3.05) is 32.7 Å². The number of unbranched alkanes of at least 4 members (excludes halogenated alkanes) is 5. The Kier molecular flexibility index (Phi) is 14.9. The molecular formula is C20H43O2P. The minimum absolute atomic E-state index is 0.213. The van der Waals surface area contributed by atoms with E-state index in [4.69, 9.17) is 9.47 Å². The van der Waals surface area contributed by atoms with E-state index in [1.807, 2.05) is 0 Å².